The molecule has 18 heavy (non-hydrogen) atoms. The lowest BCUT2D eigenvalue weighted by Crippen LogP contribution is -2.37. The van der Waals surface area contributed by atoms with E-state index in [2.05, 4.69) is 15.6 Å². The van der Waals surface area contributed by atoms with E-state index in [-0.39, 0.29) is 36.6 Å². The first-order valence-corrected chi connectivity index (χ1v) is 5.71. The number of aryl methyl sites for hydroxylation is 1. The van der Waals surface area contributed by atoms with E-state index < -0.39 is 0 Å². The van der Waals surface area contributed by atoms with Gasteiger partial charge >= 0.3 is 0 Å². The molecule has 0 aliphatic carbocycles. The van der Waals surface area contributed by atoms with Crippen LogP contribution in [-0.2, 0) is 4.79 Å². The van der Waals surface area contributed by atoms with Crippen LogP contribution in [0.2, 0.25) is 0 Å². The Kier molecular flexibility index (Phi) is 7.91. The summed E-state index contributed by atoms with van der Waals surface area (Å²) in [4.78, 5) is 16.1. The van der Waals surface area contributed by atoms with E-state index >= 15 is 0 Å². The highest BCUT2D eigenvalue weighted by atomic mass is 35.5. The number of piperidine rings is 1. The predicted octanol–water partition coefficient (Wildman–Crippen LogP) is 2.17. The molecule has 4 nitrogen and oxygen atoms in total. The Morgan fingerprint density at radius 1 is 1.44 bits per heavy atom. The van der Waals surface area contributed by atoms with Crippen molar-refractivity contribution in [2.75, 3.05) is 18.4 Å². The number of halogens is 2. The first kappa shape index (κ1) is 17.2. The molecule has 1 aromatic rings. The molecule has 2 heterocycles. The van der Waals surface area contributed by atoms with Gasteiger partial charge < -0.3 is 10.6 Å². The van der Waals surface area contributed by atoms with Crippen molar-refractivity contribution >= 4 is 36.5 Å². The molecular formula is C12H19Cl2N3O. The molecule has 0 spiro atoms. The minimum atomic E-state index is 0. The third kappa shape index (κ3) is 4.80. The zero-order chi connectivity index (χ0) is 11.4. The number of pyridine rings is 1. The lowest BCUT2D eigenvalue weighted by Gasteiger charge is -2.21. The highest BCUT2D eigenvalue weighted by Crippen LogP contribution is 2.13. The van der Waals surface area contributed by atoms with E-state index in [0.29, 0.717) is 5.82 Å². The zero-order valence-corrected chi connectivity index (χ0v) is 11.9. The Morgan fingerprint density at radius 2 is 2.22 bits per heavy atom. The van der Waals surface area contributed by atoms with Crippen molar-refractivity contribution in [2.24, 2.45) is 5.92 Å². The number of rotatable bonds is 2. The standard InChI is InChI=1S/C12H17N3O.2ClH/c1-9-4-2-6-11(14-9)15-12(16)10-5-3-7-13-8-10;;/h2,4,6,10,13H,3,5,7-8H2,1H3,(H,14,15,16);2*1H. The van der Waals surface area contributed by atoms with Crippen molar-refractivity contribution in [3.8, 4) is 0 Å². The van der Waals surface area contributed by atoms with E-state index in [9.17, 15) is 4.79 Å². The number of anilines is 1. The maximum Gasteiger partial charge on any atom is 0.229 e. The van der Waals surface area contributed by atoms with Gasteiger partial charge in [0.25, 0.3) is 0 Å². The Balaban J connectivity index is 0.00000144. The third-order valence-corrected chi connectivity index (χ3v) is 2.81. The first-order chi connectivity index (χ1) is 7.75. The summed E-state index contributed by atoms with van der Waals surface area (Å²) in [7, 11) is 0. The Morgan fingerprint density at radius 3 is 2.83 bits per heavy atom. The van der Waals surface area contributed by atoms with Gasteiger partial charge in [-0.25, -0.2) is 4.98 Å². The van der Waals surface area contributed by atoms with E-state index in [1.54, 1.807) is 0 Å². The van der Waals surface area contributed by atoms with Gasteiger partial charge in [0.05, 0.1) is 5.92 Å². The van der Waals surface area contributed by atoms with Crippen LogP contribution in [0.1, 0.15) is 18.5 Å². The van der Waals surface area contributed by atoms with Gasteiger partial charge in [-0.3, -0.25) is 4.79 Å². The quantitative estimate of drug-likeness (QED) is 0.878. The number of aromatic nitrogens is 1. The number of carbonyl (C=O) groups is 1. The average molecular weight is 292 g/mol. The van der Waals surface area contributed by atoms with Gasteiger partial charge in [0.15, 0.2) is 0 Å². The molecule has 0 radical (unpaired) electrons. The molecule has 0 bridgehead atoms. The van der Waals surface area contributed by atoms with Gasteiger partial charge in [-0.15, -0.1) is 24.8 Å². The van der Waals surface area contributed by atoms with Crippen LogP contribution in [0.4, 0.5) is 5.82 Å². The van der Waals surface area contributed by atoms with Gasteiger partial charge in [0.2, 0.25) is 5.91 Å². The van der Waals surface area contributed by atoms with E-state index in [0.717, 1.165) is 31.6 Å². The largest absolute Gasteiger partial charge is 0.316 e. The third-order valence-electron chi connectivity index (χ3n) is 2.81. The SMILES string of the molecule is Cc1cccc(NC(=O)C2CCCNC2)n1.Cl.Cl. The van der Waals surface area contributed by atoms with E-state index in [1.165, 1.54) is 0 Å². The molecule has 1 unspecified atom stereocenters. The zero-order valence-electron chi connectivity index (χ0n) is 10.3. The predicted molar refractivity (Wildman–Crippen MR) is 77.7 cm³/mol. The molecule has 0 aromatic carbocycles. The molecule has 1 aliphatic rings. The number of nitrogens with zero attached hydrogens (tertiary/aromatic N) is 1. The summed E-state index contributed by atoms with van der Waals surface area (Å²) in [5.74, 6) is 0.803. The minimum Gasteiger partial charge on any atom is -0.316 e. The van der Waals surface area contributed by atoms with Crippen LogP contribution < -0.4 is 10.6 Å². The van der Waals surface area contributed by atoms with Crippen LogP contribution in [0.5, 0.6) is 0 Å². The fourth-order valence-electron chi connectivity index (χ4n) is 1.92. The summed E-state index contributed by atoms with van der Waals surface area (Å²) in [6, 6.07) is 5.63. The molecule has 6 heteroatoms. The second-order valence-electron chi connectivity index (χ2n) is 4.20. The maximum absolute atomic E-state index is 11.9. The van der Waals surface area contributed by atoms with Crippen LogP contribution in [0.25, 0.3) is 0 Å². The molecule has 1 fully saturated rings. The second-order valence-corrected chi connectivity index (χ2v) is 4.20. The van der Waals surface area contributed by atoms with Gasteiger partial charge in [-0.05, 0) is 38.4 Å². The molecular weight excluding hydrogens is 273 g/mol. The van der Waals surface area contributed by atoms with Crippen molar-refractivity contribution in [2.45, 2.75) is 19.8 Å². The number of amides is 1. The van der Waals surface area contributed by atoms with Crippen molar-refractivity contribution in [3.63, 3.8) is 0 Å². The fraction of sp³-hybridized carbons (Fsp3) is 0.500. The molecule has 1 amide bonds. The van der Waals surface area contributed by atoms with Crippen LogP contribution in [-0.4, -0.2) is 24.0 Å². The second kappa shape index (κ2) is 8.29. The van der Waals surface area contributed by atoms with Gasteiger partial charge in [0.1, 0.15) is 5.82 Å². The number of hydrogen-bond acceptors (Lipinski definition) is 3. The van der Waals surface area contributed by atoms with Gasteiger partial charge in [-0.2, -0.15) is 0 Å². The van der Waals surface area contributed by atoms with Crippen LogP contribution in [0, 0.1) is 12.8 Å². The van der Waals surface area contributed by atoms with Crippen LogP contribution in [0.15, 0.2) is 18.2 Å². The molecule has 0 saturated carbocycles. The topological polar surface area (TPSA) is 54.0 Å². The molecule has 102 valence electrons. The molecule has 1 atom stereocenters. The summed E-state index contributed by atoms with van der Waals surface area (Å²) in [6.07, 6.45) is 2.03. The van der Waals surface area contributed by atoms with Crippen molar-refractivity contribution < 1.29 is 4.79 Å². The summed E-state index contributed by atoms with van der Waals surface area (Å²) in [5, 5.41) is 6.09. The summed E-state index contributed by atoms with van der Waals surface area (Å²) < 4.78 is 0. The smallest absolute Gasteiger partial charge is 0.229 e. The highest BCUT2D eigenvalue weighted by molar-refractivity contribution is 5.91. The molecule has 2 rings (SSSR count). The highest BCUT2D eigenvalue weighted by Gasteiger charge is 2.20. The van der Waals surface area contributed by atoms with Crippen molar-refractivity contribution in [1.29, 1.82) is 0 Å². The normalized spacial score (nSPS) is 18.2. The molecule has 1 saturated heterocycles. The van der Waals surface area contributed by atoms with Gasteiger partial charge in [0, 0.05) is 12.2 Å². The van der Waals surface area contributed by atoms with E-state index in [4.69, 9.17) is 0 Å². The molecule has 1 aromatic heterocycles. The number of hydrogen-bond donors (Lipinski definition) is 2. The first-order valence-electron chi connectivity index (χ1n) is 5.71. The van der Waals surface area contributed by atoms with Gasteiger partial charge in [-0.1, -0.05) is 6.07 Å². The summed E-state index contributed by atoms with van der Waals surface area (Å²) >= 11 is 0. The minimum absolute atomic E-state index is 0. The summed E-state index contributed by atoms with van der Waals surface area (Å²) in [5.41, 5.74) is 0.916. The lowest BCUT2D eigenvalue weighted by atomic mass is 9.99. The Hall–Kier alpha value is -0.840. The Labute approximate surface area is 120 Å². The van der Waals surface area contributed by atoms with Crippen molar-refractivity contribution in [1.82, 2.24) is 10.3 Å². The molecule has 1 aliphatic heterocycles. The van der Waals surface area contributed by atoms with Crippen LogP contribution in [0.3, 0.4) is 0 Å². The number of nitrogens with one attached hydrogen (secondary N) is 2. The fourth-order valence-corrected chi connectivity index (χ4v) is 1.92. The average Bonchev–Trinajstić information content (AvgIpc) is 2.30. The number of carbonyl (C=O) groups excluding carboxylic acids is 1. The lowest BCUT2D eigenvalue weighted by molar-refractivity contribution is -0.120. The Bertz CT molecular complexity index is 381. The van der Waals surface area contributed by atoms with Crippen LogP contribution >= 0.6 is 24.8 Å². The maximum atomic E-state index is 11.9. The van der Waals surface area contributed by atoms with E-state index in [1.807, 2.05) is 25.1 Å². The molecule has 2 N–H and O–H groups in total. The monoisotopic (exact) mass is 291 g/mol. The summed E-state index contributed by atoms with van der Waals surface area (Å²) in [6.45, 7) is 3.71. The van der Waals surface area contributed by atoms with Crippen molar-refractivity contribution in [3.05, 3.63) is 23.9 Å².